The van der Waals surface area contributed by atoms with E-state index in [1.165, 1.54) is 19.3 Å². The SMILES string of the molecule is CCN1C(=O)CCc2cc(C(=O)NC3CCCCC3)ccc21. The maximum Gasteiger partial charge on any atom is 0.251 e. The molecule has 4 nitrogen and oxygen atoms in total. The van der Waals surface area contributed by atoms with Crippen molar-refractivity contribution in [2.24, 2.45) is 0 Å². The van der Waals surface area contributed by atoms with E-state index in [1.807, 2.05) is 30.0 Å². The number of carbonyl (C=O) groups excluding carboxylic acids is 2. The first-order valence-electron chi connectivity index (χ1n) is 8.43. The highest BCUT2D eigenvalue weighted by Gasteiger charge is 2.24. The van der Waals surface area contributed by atoms with Crippen molar-refractivity contribution >= 4 is 17.5 Å². The van der Waals surface area contributed by atoms with Gasteiger partial charge in [-0.1, -0.05) is 19.3 Å². The lowest BCUT2D eigenvalue weighted by Crippen LogP contribution is -2.37. The van der Waals surface area contributed by atoms with Crippen LogP contribution in [0.5, 0.6) is 0 Å². The largest absolute Gasteiger partial charge is 0.349 e. The molecule has 0 radical (unpaired) electrons. The van der Waals surface area contributed by atoms with Crippen molar-refractivity contribution in [3.05, 3.63) is 29.3 Å². The summed E-state index contributed by atoms with van der Waals surface area (Å²) in [5.74, 6) is 0.198. The third kappa shape index (κ3) is 3.01. The van der Waals surface area contributed by atoms with E-state index in [0.29, 0.717) is 19.0 Å². The van der Waals surface area contributed by atoms with Crippen LogP contribution in [0.1, 0.15) is 61.4 Å². The number of aryl methyl sites for hydroxylation is 1. The fraction of sp³-hybridized carbons (Fsp3) is 0.556. The zero-order valence-electron chi connectivity index (χ0n) is 13.2. The first-order chi connectivity index (χ1) is 10.7. The fourth-order valence-corrected chi connectivity index (χ4v) is 3.56. The third-order valence-electron chi connectivity index (χ3n) is 4.80. The molecule has 22 heavy (non-hydrogen) atoms. The Bertz CT molecular complexity index is 576. The van der Waals surface area contributed by atoms with E-state index in [2.05, 4.69) is 5.32 Å². The average Bonchev–Trinajstić information content (AvgIpc) is 2.55. The zero-order valence-corrected chi connectivity index (χ0v) is 13.2. The van der Waals surface area contributed by atoms with Crippen LogP contribution in [0.4, 0.5) is 5.69 Å². The Kier molecular flexibility index (Phi) is 4.46. The first kappa shape index (κ1) is 15.1. The van der Waals surface area contributed by atoms with Crippen molar-refractivity contribution in [1.82, 2.24) is 5.32 Å². The van der Waals surface area contributed by atoms with Gasteiger partial charge >= 0.3 is 0 Å². The Morgan fingerprint density at radius 1 is 1.23 bits per heavy atom. The molecule has 1 aliphatic carbocycles. The highest BCUT2D eigenvalue weighted by molar-refractivity contribution is 5.99. The number of nitrogens with one attached hydrogen (secondary N) is 1. The van der Waals surface area contributed by atoms with Crippen LogP contribution in [0.15, 0.2) is 18.2 Å². The molecule has 1 aliphatic heterocycles. The molecule has 1 aromatic rings. The van der Waals surface area contributed by atoms with Crippen LogP contribution in [0.2, 0.25) is 0 Å². The Morgan fingerprint density at radius 2 is 2.00 bits per heavy atom. The Morgan fingerprint density at radius 3 is 2.73 bits per heavy atom. The number of amides is 2. The van der Waals surface area contributed by atoms with Crippen LogP contribution in [0, 0.1) is 0 Å². The van der Waals surface area contributed by atoms with Gasteiger partial charge in [-0.3, -0.25) is 9.59 Å². The van der Waals surface area contributed by atoms with Crippen molar-refractivity contribution in [3.63, 3.8) is 0 Å². The minimum Gasteiger partial charge on any atom is -0.349 e. The molecule has 3 rings (SSSR count). The topological polar surface area (TPSA) is 49.4 Å². The second kappa shape index (κ2) is 6.51. The lowest BCUT2D eigenvalue weighted by atomic mass is 9.94. The minimum atomic E-state index is 0.0228. The molecule has 2 aliphatic rings. The summed E-state index contributed by atoms with van der Waals surface area (Å²) in [6, 6.07) is 6.05. The highest BCUT2D eigenvalue weighted by atomic mass is 16.2. The summed E-state index contributed by atoms with van der Waals surface area (Å²) in [4.78, 5) is 26.1. The maximum absolute atomic E-state index is 12.4. The molecule has 2 amide bonds. The summed E-state index contributed by atoms with van der Waals surface area (Å²) < 4.78 is 0. The smallest absolute Gasteiger partial charge is 0.251 e. The molecule has 118 valence electrons. The van der Waals surface area contributed by atoms with E-state index >= 15 is 0 Å². The summed E-state index contributed by atoms with van der Waals surface area (Å²) in [5, 5.41) is 3.16. The molecule has 0 bridgehead atoms. The molecule has 0 spiro atoms. The van der Waals surface area contributed by atoms with Gasteiger partial charge in [0.1, 0.15) is 0 Å². The number of nitrogens with zero attached hydrogens (tertiary/aromatic N) is 1. The molecule has 1 saturated carbocycles. The lowest BCUT2D eigenvalue weighted by Gasteiger charge is -2.29. The second-order valence-electron chi connectivity index (χ2n) is 6.29. The van der Waals surface area contributed by atoms with Crippen molar-refractivity contribution < 1.29 is 9.59 Å². The van der Waals surface area contributed by atoms with Crippen LogP contribution in [-0.2, 0) is 11.2 Å². The number of fused-ring (bicyclic) bond motifs is 1. The summed E-state index contributed by atoms with van der Waals surface area (Å²) in [7, 11) is 0. The van der Waals surface area contributed by atoms with Gasteiger partial charge in [-0.2, -0.15) is 0 Å². The predicted octanol–water partition coefficient (Wildman–Crippen LogP) is 3.05. The summed E-state index contributed by atoms with van der Waals surface area (Å²) in [5.41, 5.74) is 2.79. The molecular weight excluding hydrogens is 276 g/mol. The van der Waals surface area contributed by atoms with Gasteiger partial charge in [0.25, 0.3) is 5.91 Å². The summed E-state index contributed by atoms with van der Waals surface area (Å²) >= 11 is 0. The van der Waals surface area contributed by atoms with Gasteiger partial charge in [-0.15, -0.1) is 0 Å². The number of benzene rings is 1. The quantitative estimate of drug-likeness (QED) is 0.932. The first-order valence-corrected chi connectivity index (χ1v) is 8.43. The normalized spacial score (nSPS) is 19.0. The zero-order chi connectivity index (χ0) is 15.5. The van der Waals surface area contributed by atoms with Gasteiger partial charge in [-0.05, 0) is 49.9 Å². The van der Waals surface area contributed by atoms with Crippen LogP contribution in [-0.4, -0.2) is 24.4 Å². The fourth-order valence-electron chi connectivity index (χ4n) is 3.56. The second-order valence-corrected chi connectivity index (χ2v) is 6.29. The predicted molar refractivity (Wildman–Crippen MR) is 87.1 cm³/mol. The average molecular weight is 300 g/mol. The highest BCUT2D eigenvalue weighted by Crippen LogP contribution is 2.28. The van der Waals surface area contributed by atoms with Gasteiger partial charge in [0.2, 0.25) is 5.91 Å². The van der Waals surface area contributed by atoms with E-state index in [4.69, 9.17) is 0 Å². The molecule has 1 heterocycles. The van der Waals surface area contributed by atoms with Gasteiger partial charge in [-0.25, -0.2) is 0 Å². The molecule has 0 unspecified atom stereocenters. The van der Waals surface area contributed by atoms with Crippen molar-refractivity contribution in [2.45, 2.75) is 57.9 Å². The number of hydrogen-bond donors (Lipinski definition) is 1. The van der Waals surface area contributed by atoms with E-state index in [9.17, 15) is 9.59 Å². The van der Waals surface area contributed by atoms with Crippen molar-refractivity contribution in [1.29, 1.82) is 0 Å². The standard InChI is InChI=1S/C18H24N2O2/c1-2-20-16-10-8-14(12-13(16)9-11-17(20)21)18(22)19-15-6-4-3-5-7-15/h8,10,12,15H,2-7,9,11H2,1H3,(H,19,22). The summed E-state index contributed by atoms with van der Waals surface area (Å²) in [6.07, 6.45) is 7.16. The maximum atomic E-state index is 12.4. The van der Waals surface area contributed by atoms with E-state index in [-0.39, 0.29) is 11.8 Å². The van der Waals surface area contributed by atoms with Crippen LogP contribution < -0.4 is 10.2 Å². The van der Waals surface area contributed by atoms with Gasteiger partial charge in [0, 0.05) is 30.3 Å². The Hall–Kier alpha value is -1.84. The number of anilines is 1. The van der Waals surface area contributed by atoms with Crippen LogP contribution in [0.25, 0.3) is 0 Å². The number of hydrogen-bond acceptors (Lipinski definition) is 2. The molecule has 1 fully saturated rings. The van der Waals surface area contributed by atoms with Crippen LogP contribution in [0.3, 0.4) is 0 Å². The minimum absolute atomic E-state index is 0.0228. The lowest BCUT2D eigenvalue weighted by molar-refractivity contribution is -0.118. The van der Waals surface area contributed by atoms with Gasteiger partial charge in [0.05, 0.1) is 0 Å². The van der Waals surface area contributed by atoms with Gasteiger partial charge in [0.15, 0.2) is 0 Å². The Labute approximate surface area is 131 Å². The van der Waals surface area contributed by atoms with E-state index in [1.54, 1.807) is 0 Å². The summed E-state index contributed by atoms with van der Waals surface area (Å²) in [6.45, 7) is 2.66. The molecule has 1 aromatic carbocycles. The molecule has 4 heteroatoms. The number of carbonyl (C=O) groups is 2. The van der Waals surface area contributed by atoms with Gasteiger partial charge < -0.3 is 10.2 Å². The monoisotopic (exact) mass is 300 g/mol. The molecular formula is C18H24N2O2. The Balaban J connectivity index is 1.75. The van der Waals surface area contributed by atoms with Crippen molar-refractivity contribution in [2.75, 3.05) is 11.4 Å². The number of rotatable bonds is 3. The molecule has 1 N–H and O–H groups in total. The van der Waals surface area contributed by atoms with Crippen LogP contribution >= 0.6 is 0 Å². The van der Waals surface area contributed by atoms with E-state index in [0.717, 1.165) is 36.1 Å². The van der Waals surface area contributed by atoms with E-state index < -0.39 is 0 Å². The molecule has 0 saturated heterocycles. The molecule has 0 atom stereocenters. The molecule has 0 aromatic heterocycles. The third-order valence-corrected chi connectivity index (χ3v) is 4.80. The van der Waals surface area contributed by atoms with Crippen molar-refractivity contribution in [3.8, 4) is 0 Å².